The molecule has 0 aliphatic heterocycles. The third-order valence-electron chi connectivity index (χ3n) is 2.91. The molecule has 2 N–H and O–H groups in total. The Morgan fingerprint density at radius 1 is 1.53 bits per heavy atom. The third kappa shape index (κ3) is 7.09. The highest BCUT2D eigenvalue weighted by molar-refractivity contribution is 9.11. The minimum Gasteiger partial charge on any atom is -0.388 e. The van der Waals surface area contributed by atoms with Crippen LogP contribution < -0.4 is 5.32 Å². The van der Waals surface area contributed by atoms with E-state index in [0.29, 0.717) is 19.4 Å². The first-order chi connectivity index (χ1) is 8.93. The Hall–Kier alpha value is -0.390. The monoisotopic (exact) mass is 347 g/mol. The molecule has 5 heteroatoms. The summed E-state index contributed by atoms with van der Waals surface area (Å²) in [5.41, 5.74) is -0.789. The summed E-state index contributed by atoms with van der Waals surface area (Å²) < 4.78 is 1.13. The average Bonchev–Trinajstić information content (AvgIpc) is 2.73. The minimum absolute atomic E-state index is 0.0204. The molecule has 1 rings (SSSR count). The van der Waals surface area contributed by atoms with Crippen molar-refractivity contribution in [3.63, 3.8) is 0 Å². The van der Waals surface area contributed by atoms with Crippen LogP contribution >= 0.6 is 27.3 Å². The number of hydrogen-bond donors (Lipinski definition) is 2. The zero-order valence-corrected chi connectivity index (χ0v) is 13.9. The van der Waals surface area contributed by atoms with E-state index >= 15 is 0 Å². The van der Waals surface area contributed by atoms with Gasteiger partial charge in [0.15, 0.2) is 0 Å². The van der Waals surface area contributed by atoms with Crippen molar-refractivity contribution < 1.29 is 9.90 Å². The van der Waals surface area contributed by atoms with Gasteiger partial charge in [-0.2, -0.15) is 0 Å². The summed E-state index contributed by atoms with van der Waals surface area (Å²) in [6.45, 7) is 4.12. The van der Waals surface area contributed by atoms with Crippen molar-refractivity contribution in [1.82, 2.24) is 5.32 Å². The van der Waals surface area contributed by atoms with Crippen molar-refractivity contribution in [3.05, 3.63) is 20.8 Å². The van der Waals surface area contributed by atoms with Crippen molar-refractivity contribution in [2.45, 2.75) is 51.6 Å². The zero-order valence-electron chi connectivity index (χ0n) is 11.5. The van der Waals surface area contributed by atoms with Crippen molar-refractivity contribution in [3.8, 4) is 0 Å². The summed E-state index contributed by atoms with van der Waals surface area (Å²) in [5, 5.41) is 12.8. The molecule has 0 radical (unpaired) electrons. The number of halogens is 1. The van der Waals surface area contributed by atoms with E-state index in [1.54, 1.807) is 18.3 Å². The topological polar surface area (TPSA) is 49.3 Å². The first kappa shape index (κ1) is 16.7. The van der Waals surface area contributed by atoms with E-state index in [9.17, 15) is 9.90 Å². The van der Waals surface area contributed by atoms with Crippen LogP contribution in [0.2, 0.25) is 0 Å². The highest BCUT2D eigenvalue weighted by atomic mass is 79.9. The quantitative estimate of drug-likeness (QED) is 0.755. The van der Waals surface area contributed by atoms with Gasteiger partial charge in [0.25, 0.3) is 0 Å². The molecular formula is C14H22BrNO2S. The molecule has 108 valence electrons. The molecule has 0 aliphatic rings. The minimum atomic E-state index is -0.789. The summed E-state index contributed by atoms with van der Waals surface area (Å²) in [5.74, 6) is 0.0204. The Labute approximate surface area is 127 Å². The molecule has 1 amide bonds. The average molecular weight is 348 g/mol. The first-order valence-corrected chi connectivity index (χ1v) is 8.27. The number of rotatable bonds is 8. The smallest absolute Gasteiger partial charge is 0.220 e. The fourth-order valence-electron chi connectivity index (χ4n) is 1.91. The van der Waals surface area contributed by atoms with Gasteiger partial charge in [0, 0.05) is 17.8 Å². The molecule has 1 aromatic rings. The molecule has 1 unspecified atom stereocenters. The van der Waals surface area contributed by atoms with Crippen LogP contribution in [-0.2, 0) is 11.2 Å². The summed E-state index contributed by atoms with van der Waals surface area (Å²) in [4.78, 5) is 13.0. The Balaban J connectivity index is 2.18. The Morgan fingerprint density at radius 2 is 2.26 bits per heavy atom. The van der Waals surface area contributed by atoms with Gasteiger partial charge in [-0.25, -0.2) is 0 Å². The molecule has 0 spiro atoms. The number of carbonyl (C=O) groups excluding carboxylic acids is 1. The largest absolute Gasteiger partial charge is 0.388 e. The number of nitrogens with one attached hydrogen (secondary N) is 1. The van der Waals surface area contributed by atoms with Gasteiger partial charge in [-0.05, 0) is 54.2 Å². The molecule has 0 aliphatic carbocycles. The predicted octanol–water partition coefficient (Wildman–Crippen LogP) is 3.50. The fourth-order valence-corrected chi connectivity index (χ4v) is 3.44. The Kier molecular flexibility index (Phi) is 7.04. The normalized spacial score (nSPS) is 14.1. The van der Waals surface area contributed by atoms with Crippen molar-refractivity contribution in [2.24, 2.45) is 0 Å². The molecule has 0 saturated heterocycles. The van der Waals surface area contributed by atoms with E-state index in [2.05, 4.69) is 27.3 Å². The lowest BCUT2D eigenvalue weighted by molar-refractivity contribution is -0.122. The van der Waals surface area contributed by atoms with Gasteiger partial charge in [-0.15, -0.1) is 11.3 Å². The number of carbonyl (C=O) groups is 1. The second-order valence-electron chi connectivity index (χ2n) is 5.08. The lowest BCUT2D eigenvalue weighted by Gasteiger charge is -2.22. The first-order valence-electron chi connectivity index (χ1n) is 6.66. The number of hydrogen-bond acceptors (Lipinski definition) is 3. The van der Waals surface area contributed by atoms with Crippen LogP contribution in [-0.4, -0.2) is 23.2 Å². The number of thiophene rings is 1. The summed E-state index contributed by atoms with van der Waals surface area (Å²) in [7, 11) is 0. The molecule has 3 nitrogen and oxygen atoms in total. The van der Waals surface area contributed by atoms with E-state index in [1.165, 1.54) is 4.88 Å². The lowest BCUT2D eigenvalue weighted by Crippen LogP contribution is -2.40. The molecule has 0 saturated carbocycles. The number of aliphatic hydroxyl groups is 1. The van der Waals surface area contributed by atoms with E-state index in [0.717, 1.165) is 23.0 Å². The van der Waals surface area contributed by atoms with Crippen LogP contribution in [0, 0.1) is 0 Å². The molecule has 0 aromatic carbocycles. The number of amides is 1. The van der Waals surface area contributed by atoms with Crippen molar-refractivity contribution >= 4 is 33.2 Å². The van der Waals surface area contributed by atoms with Crippen LogP contribution in [0.25, 0.3) is 0 Å². The second-order valence-corrected chi connectivity index (χ2v) is 7.63. The maximum absolute atomic E-state index is 11.7. The van der Waals surface area contributed by atoms with Crippen LogP contribution in [0.5, 0.6) is 0 Å². The Morgan fingerprint density at radius 3 is 2.84 bits per heavy atom. The van der Waals surface area contributed by atoms with Gasteiger partial charge in [0.05, 0.1) is 9.39 Å². The van der Waals surface area contributed by atoms with E-state index in [1.807, 2.05) is 13.0 Å². The van der Waals surface area contributed by atoms with Crippen LogP contribution in [0.4, 0.5) is 0 Å². The van der Waals surface area contributed by atoms with Crippen molar-refractivity contribution in [1.29, 1.82) is 0 Å². The summed E-state index contributed by atoms with van der Waals surface area (Å²) >= 11 is 5.13. The summed E-state index contributed by atoms with van der Waals surface area (Å²) in [6, 6.07) is 4.11. The van der Waals surface area contributed by atoms with Crippen LogP contribution in [0.15, 0.2) is 15.9 Å². The molecule has 1 heterocycles. The highest BCUT2D eigenvalue weighted by Gasteiger charge is 2.19. The van der Waals surface area contributed by atoms with E-state index in [4.69, 9.17) is 0 Å². The molecule has 1 atom stereocenters. The van der Waals surface area contributed by atoms with Gasteiger partial charge in [0.1, 0.15) is 0 Å². The van der Waals surface area contributed by atoms with Crippen molar-refractivity contribution in [2.75, 3.05) is 6.54 Å². The molecule has 0 bridgehead atoms. The predicted molar refractivity (Wildman–Crippen MR) is 83.5 cm³/mol. The van der Waals surface area contributed by atoms with Crippen LogP contribution in [0.3, 0.4) is 0 Å². The molecule has 0 fully saturated rings. The standard InChI is InChI=1S/C14H22BrNO2S/c1-3-9-14(2,18)10-16-13(17)6-4-5-11-7-8-12(15)19-11/h7-8,18H,3-6,9-10H2,1-2H3,(H,16,17). The summed E-state index contributed by atoms with van der Waals surface area (Å²) in [6.07, 6.45) is 3.90. The third-order valence-corrected chi connectivity index (χ3v) is 4.59. The Bertz CT molecular complexity index is 404. The maximum atomic E-state index is 11.7. The van der Waals surface area contributed by atoms with E-state index < -0.39 is 5.60 Å². The van der Waals surface area contributed by atoms with Gasteiger partial charge < -0.3 is 10.4 Å². The maximum Gasteiger partial charge on any atom is 0.220 e. The molecule has 19 heavy (non-hydrogen) atoms. The number of aryl methyl sites for hydroxylation is 1. The molecule has 1 aromatic heterocycles. The SMILES string of the molecule is CCCC(C)(O)CNC(=O)CCCc1ccc(Br)s1. The zero-order chi connectivity index (χ0) is 14.3. The fraction of sp³-hybridized carbons (Fsp3) is 0.643. The van der Waals surface area contributed by atoms with Gasteiger partial charge >= 0.3 is 0 Å². The van der Waals surface area contributed by atoms with Gasteiger partial charge in [-0.3, -0.25) is 4.79 Å². The lowest BCUT2D eigenvalue weighted by atomic mass is 10.0. The van der Waals surface area contributed by atoms with Gasteiger partial charge in [-0.1, -0.05) is 13.3 Å². The second kappa shape index (κ2) is 8.02. The molecular weight excluding hydrogens is 326 g/mol. The van der Waals surface area contributed by atoms with E-state index in [-0.39, 0.29) is 5.91 Å². The highest BCUT2D eigenvalue weighted by Crippen LogP contribution is 2.23. The van der Waals surface area contributed by atoms with Crippen LogP contribution in [0.1, 0.15) is 44.4 Å². The van der Waals surface area contributed by atoms with Gasteiger partial charge in [0.2, 0.25) is 5.91 Å².